The van der Waals surface area contributed by atoms with Crippen LogP contribution in [0.2, 0.25) is 0 Å². The molecule has 118 valence electrons. The Morgan fingerprint density at radius 2 is 1.74 bits per heavy atom. The second kappa shape index (κ2) is 6.08. The quantitative estimate of drug-likeness (QED) is 0.525. The monoisotopic (exact) mass is 310 g/mol. The molecule has 0 aliphatic rings. The number of hydrogen-bond donors (Lipinski definition) is 1. The second-order valence-corrected chi connectivity index (χ2v) is 5.36. The van der Waals surface area contributed by atoms with E-state index < -0.39 is 0 Å². The van der Waals surface area contributed by atoms with Gasteiger partial charge < -0.3 is 18.7 Å². The topological polar surface area (TPSA) is 55.7 Å². The van der Waals surface area contributed by atoms with Gasteiger partial charge in [0.1, 0.15) is 28.4 Å². The molecular weight excluding hydrogens is 292 g/mol. The summed E-state index contributed by atoms with van der Waals surface area (Å²) < 4.78 is 15.7. The van der Waals surface area contributed by atoms with Gasteiger partial charge in [-0.2, -0.15) is 0 Å². The summed E-state index contributed by atoms with van der Waals surface area (Å²) in [5.74, 6) is 2.01. The molecule has 0 aliphatic carbocycles. The second-order valence-electron chi connectivity index (χ2n) is 5.36. The molecule has 0 aliphatic heterocycles. The lowest BCUT2D eigenvalue weighted by molar-refractivity contribution is 0.415. The van der Waals surface area contributed by atoms with E-state index in [1.165, 1.54) is 0 Å². The first kappa shape index (κ1) is 15.0. The molecule has 4 heteroatoms. The number of methoxy groups -OCH3 is 1. The standard InChI is InChI=1S/C10H10O2.C9H8O2/c1-7-6-12-10-4-3-8(11-2)5-9(7)10;1-6-4-7-5-8(10)2-3-9(7)11-6/h3-6H,1-2H3;2-5,10H,1H3. The molecule has 1 N–H and O–H groups in total. The zero-order valence-corrected chi connectivity index (χ0v) is 13.3. The van der Waals surface area contributed by atoms with Crippen molar-refractivity contribution in [2.45, 2.75) is 13.8 Å². The van der Waals surface area contributed by atoms with Crippen LogP contribution in [0.25, 0.3) is 21.9 Å². The number of phenolic OH excluding ortho intramolecular Hbond substituents is 1. The lowest BCUT2D eigenvalue weighted by atomic mass is 10.2. The lowest BCUT2D eigenvalue weighted by Gasteiger charge is -1.97. The van der Waals surface area contributed by atoms with Crippen LogP contribution in [-0.4, -0.2) is 12.2 Å². The van der Waals surface area contributed by atoms with E-state index in [2.05, 4.69) is 0 Å². The zero-order valence-electron chi connectivity index (χ0n) is 13.3. The Morgan fingerprint density at radius 3 is 2.52 bits per heavy atom. The van der Waals surface area contributed by atoms with Gasteiger partial charge in [-0.15, -0.1) is 0 Å². The van der Waals surface area contributed by atoms with Crippen molar-refractivity contribution in [1.29, 1.82) is 0 Å². The number of furan rings is 2. The van der Waals surface area contributed by atoms with Gasteiger partial charge in [0.25, 0.3) is 0 Å². The van der Waals surface area contributed by atoms with Crippen molar-refractivity contribution in [2.75, 3.05) is 7.11 Å². The molecule has 0 radical (unpaired) electrons. The van der Waals surface area contributed by atoms with Crippen LogP contribution < -0.4 is 4.74 Å². The van der Waals surface area contributed by atoms with Gasteiger partial charge in [-0.25, -0.2) is 0 Å². The van der Waals surface area contributed by atoms with Crippen molar-refractivity contribution >= 4 is 21.9 Å². The molecule has 0 unspecified atom stereocenters. The molecule has 0 fully saturated rings. The third-order valence-electron chi connectivity index (χ3n) is 3.60. The van der Waals surface area contributed by atoms with Crippen LogP contribution in [-0.2, 0) is 0 Å². The summed E-state index contributed by atoms with van der Waals surface area (Å²) in [6.45, 7) is 3.91. The Kier molecular flexibility index (Phi) is 3.98. The first-order valence-corrected chi connectivity index (χ1v) is 7.28. The highest BCUT2D eigenvalue weighted by atomic mass is 16.5. The van der Waals surface area contributed by atoms with Gasteiger partial charge in [0.2, 0.25) is 0 Å². The molecule has 2 aromatic heterocycles. The van der Waals surface area contributed by atoms with Crippen LogP contribution in [0.5, 0.6) is 11.5 Å². The van der Waals surface area contributed by atoms with E-state index in [0.717, 1.165) is 39.0 Å². The van der Waals surface area contributed by atoms with Gasteiger partial charge in [-0.05, 0) is 61.9 Å². The Balaban J connectivity index is 0.000000136. The largest absolute Gasteiger partial charge is 0.508 e. The maximum atomic E-state index is 9.10. The van der Waals surface area contributed by atoms with Crippen molar-refractivity contribution in [1.82, 2.24) is 0 Å². The minimum atomic E-state index is 0.276. The van der Waals surface area contributed by atoms with E-state index >= 15 is 0 Å². The predicted molar refractivity (Wildman–Crippen MR) is 90.1 cm³/mol. The predicted octanol–water partition coefficient (Wildman–Crippen LogP) is 5.20. The molecule has 2 aromatic carbocycles. The summed E-state index contributed by atoms with van der Waals surface area (Å²) in [6.07, 6.45) is 1.75. The number of benzene rings is 2. The molecule has 2 heterocycles. The van der Waals surface area contributed by atoms with Gasteiger partial charge in [-0.1, -0.05) is 0 Å². The molecule has 0 saturated heterocycles. The normalized spacial score (nSPS) is 10.6. The first-order chi connectivity index (χ1) is 11.1. The number of hydrogen-bond acceptors (Lipinski definition) is 4. The molecular formula is C19H18O4. The maximum Gasteiger partial charge on any atom is 0.134 e. The van der Waals surface area contributed by atoms with Crippen molar-refractivity contribution < 1.29 is 18.7 Å². The van der Waals surface area contributed by atoms with Gasteiger partial charge in [-0.3, -0.25) is 0 Å². The highest BCUT2D eigenvalue weighted by molar-refractivity contribution is 5.82. The number of aromatic hydroxyl groups is 1. The highest BCUT2D eigenvalue weighted by Crippen LogP contribution is 2.25. The maximum absolute atomic E-state index is 9.10. The smallest absolute Gasteiger partial charge is 0.134 e. The fraction of sp³-hybridized carbons (Fsp3) is 0.158. The Hall–Kier alpha value is -2.88. The summed E-state index contributed by atoms with van der Waals surface area (Å²) >= 11 is 0. The van der Waals surface area contributed by atoms with Crippen LogP contribution in [0.3, 0.4) is 0 Å². The summed E-state index contributed by atoms with van der Waals surface area (Å²) in [7, 11) is 1.66. The van der Waals surface area contributed by atoms with Crippen molar-refractivity contribution in [3.63, 3.8) is 0 Å². The average molecular weight is 310 g/mol. The van der Waals surface area contributed by atoms with E-state index in [-0.39, 0.29) is 5.75 Å². The third kappa shape index (κ3) is 3.16. The molecule has 23 heavy (non-hydrogen) atoms. The van der Waals surface area contributed by atoms with Crippen LogP contribution in [0.15, 0.2) is 57.6 Å². The van der Waals surface area contributed by atoms with Crippen LogP contribution in [0.4, 0.5) is 0 Å². The molecule has 0 spiro atoms. The fourth-order valence-corrected chi connectivity index (χ4v) is 2.43. The minimum Gasteiger partial charge on any atom is -0.508 e. The van der Waals surface area contributed by atoms with Crippen molar-refractivity contribution in [3.8, 4) is 11.5 Å². The van der Waals surface area contributed by atoms with E-state index in [9.17, 15) is 0 Å². The summed E-state index contributed by atoms with van der Waals surface area (Å²) in [5.41, 5.74) is 2.87. The van der Waals surface area contributed by atoms with E-state index in [0.29, 0.717) is 0 Å². The number of rotatable bonds is 1. The Bertz CT molecular complexity index is 946. The summed E-state index contributed by atoms with van der Waals surface area (Å²) in [6, 6.07) is 12.8. The van der Waals surface area contributed by atoms with E-state index in [1.54, 1.807) is 31.6 Å². The van der Waals surface area contributed by atoms with Crippen LogP contribution in [0.1, 0.15) is 11.3 Å². The highest BCUT2D eigenvalue weighted by Gasteiger charge is 2.02. The fourth-order valence-electron chi connectivity index (χ4n) is 2.43. The van der Waals surface area contributed by atoms with E-state index in [4.69, 9.17) is 18.7 Å². The first-order valence-electron chi connectivity index (χ1n) is 7.28. The number of phenols is 1. The van der Waals surface area contributed by atoms with Crippen LogP contribution in [0, 0.1) is 13.8 Å². The molecule has 4 nitrogen and oxygen atoms in total. The minimum absolute atomic E-state index is 0.276. The Labute approximate surface area is 133 Å². The number of ether oxygens (including phenoxy) is 1. The third-order valence-corrected chi connectivity index (χ3v) is 3.60. The molecule has 4 rings (SSSR count). The molecule has 0 saturated carbocycles. The van der Waals surface area contributed by atoms with Gasteiger partial charge in [0, 0.05) is 10.8 Å². The molecule has 0 bridgehead atoms. The van der Waals surface area contributed by atoms with Crippen molar-refractivity contribution in [2.24, 2.45) is 0 Å². The SMILES string of the molecule is COc1ccc2occ(C)c2c1.Cc1cc2cc(O)ccc2o1. The van der Waals surface area contributed by atoms with E-state index in [1.807, 2.05) is 38.1 Å². The summed E-state index contributed by atoms with van der Waals surface area (Å²) in [5, 5.41) is 11.2. The van der Waals surface area contributed by atoms with Gasteiger partial charge in [0.05, 0.1) is 13.4 Å². The average Bonchev–Trinajstić information content (AvgIpc) is 3.09. The zero-order chi connectivity index (χ0) is 16.4. The number of fused-ring (bicyclic) bond motifs is 2. The molecule has 0 atom stereocenters. The Morgan fingerprint density at radius 1 is 0.957 bits per heavy atom. The number of aryl methyl sites for hydroxylation is 2. The van der Waals surface area contributed by atoms with Gasteiger partial charge >= 0.3 is 0 Å². The lowest BCUT2D eigenvalue weighted by Crippen LogP contribution is -1.80. The summed E-state index contributed by atoms with van der Waals surface area (Å²) in [4.78, 5) is 0. The van der Waals surface area contributed by atoms with Crippen molar-refractivity contribution in [3.05, 3.63) is 60.1 Å². The van der Waals surface area contributed by atoms with Crippen LogP contribution >= 0.6 is 0 Å². The van der Waals surface area contributed by atoms with Gasteiger partial charge in [0.15, 0.2) is 0 Å². The molecule has 0 amide bonds. The molecule has 4 aromatic rings.